The number of benzene rings is 3. The van der Waals surface area contributed by atoms with Gasteiger partial charge in [-0.1, -0.05) is 54.1 Å². The number of ether oxygens (including phenoxy) is 2. The summed E-state index contributed by atoms with van der Waals surface area (Å²) in [4.78, 5) is 35.4. The number of carboxylic acids is 2. The van der Waals surface area contributed by atoms with Crippen molar-refractivity contribution in [3.05, 3.63) is 93.7 Å². The van der Waals surface area contributed by atoms with E-state index < -0.39 is 11.9 Å². The molecule has 2 N–H and O–H groups in total. The van der Waals surface area contributed by atoms with Crippen LogP contribution in [0.2, 0.25) is 0 Å². The van der Waals surface area contributed by atoms with Crippen LogP contribution in [0.5, 0.6) is 11.5 Å². The highest BCUT2D eigenvalue weighted by atomic mass is 16.5. The number of nitrogens with zero attached hydrogens (tertiary/aromatic N) is 1. The third-order valence-corrected chi connectivity index (χ3v) is 7.45. The second-order valence-electron chi connectivity index (χ2n) is 11.1. The summed E-state index contributed by atoms with van der Waals surface area (Å²) in [5.74, 6) is -0.697. The van der Waals surface area contributed by atoms with Gasteiger partial charge in [-0.05, 0) is 74.9 Å². The Morgan fingerprint density at radius 3 is 2.07 bits per heavy atom. The average molecular weight is 598 g/mol. The van der Waals surface area contributed by atoms with Crippen molar-refractivity contribution in [1.29, 1.82) is 0 Å². The molecular weight excluding hydrogens is 558 g/mol. The molecule has 0 aliphatic carbocycles. The van der Waals surface area contributed by atoms with E-state index in [-0.39, 0.29) is 25.2 Å². The molecule has 0 radical (unpaired) electrons. The Hall–Kier alpha value is -4.85. The van der Waals surface area contributed by atoms with Crippen LogP contribution >= 0.6 is 0 Å². The number of carbonyl (C=O) groups is 3. The highest BCUT2D eigenvalue weighted by Crippen LogP contribution is 2.30. The van der Waals surface area contributed by atoms with Gasteiger partial charge in [0.15, 0.2) is 5.78 Å². The summed E-state index contributed by atoms with van der Waals surface area (Å²) < 4.78 is 13.5. The van der Waals surface area contributed by atoms with Crippen molar-refractivity contribution < 1.29 is 34.1 Å². The van der Waals surface area contributed by atoms with Crippen LogP contribution in [0.25, 0.3) is 23.1 Å². The summed E-state index contributed by atoms with van der Waals surface area (Å²) in [5, 5.41) is 19.1. The minimum absolute atomic E-state index is 0.157. The third-order valence-electron chi connectivity index (χ3n) is 7.45. The molecule has 0 saturated heterocycles. The molecule has 4 rings (SSSR count). The van der Waals surface area contributed by atoms with E-state index in [1.54, 1.807) is 10.6 Å². The summed E-state index contributed by atoms with van der Waals surface area (Å²) in [6.45, 7) is 9.05. The van der Waals surface area contributed by atoms with E-state index in [9.17, 15) is 19.5 Å². The maximum absolute atomic E-state index is 12.8. The van der Waals surface area contributed by atoms with Crippen molar-refractivity contribution in [2.45, 2.75) is 59.9 Å². The lowest BCUT2D eigenvalue weighted by atomic mass is 9.99. The van der Waals surface area contributed by atoms with Crippen molar-refractivity contribution in [1.82, 2.24) is 4.57 Å². The van der Waals surface area contributed by atoms with E-state index >= 15 is 0 Å². The van der Waals surface area contributed by atoms with E-state index in [2.05, 4.69) is 32.9 Å². The lowest BCUT2D eigenvalue weighted by molar-refractivity contribution is -0.138. The lowest BCUT2D eigenvalue weighted by Gasteiger charge is -2.13. The Morgan fingerprint density at radius 2 is 1.43 bits per heavy atom. The molecule has 1 heterocycles. The van der Waals surface area contributed by atoms with Gasteiger partial charge >= 0.3 is 11.9 Å². The van der Waals surface area contributed by atoms with Gasteiger partial charge in [0.25, 0.3) is 0 Å². The minimum Gasteiger partial charge on any atom is -0.494 e. The van der Waals surface area contributed by atoms with Gasteiger partial charge in [-0.25, -0.2) is 0 Å². The summed E-state index contributed by atoms with van der Waals surface area (Å²) in [7, 11) is 0. The molecule has 0 fully saturated rings. The Balaban J connectivity index is 1.40. The predicted octanol–water partition coefficient (Wildman–Crippen LogP) is 7.42. The predicted molar refractivity (Wildman–Crippen MR) is 172 cm³/mol. The zero-order valence-electron chi connectivity index (χ0n) is 25.7. The molecule has 8 nitrogen and oxygen atoms in total. The number of carbonyl (C=O) groups excluding carboxylic acids is 1. The first-order valence-electron chi connectivity index (χ1n) is 14.7. The highest BCUT2D eigenvalue weighted by molar-refractivity contribution is 6.10. The molecule has 1 aromatic heterocycles. The third kappa shape index (κ3) is 8.16. The first-order chi connectivity index (χ1) is 21.0. The molecule has 230 valence electrons. The normalized spacial score (nSPS) is 11.3. The largest absolute Gasteiger partial charge is 0.494 e. The molecule has 0 amide bonds. The first-order valence-corrected chi connectivity index (χ1v) is 14.7. The average Bonchev–Trinajstić information content (AvgIpc) is 3.32. The summed E-state index contributed by atoms with van der Waals surface area (Å²) in [5.41, 5.74) is 7.13. The summed E-state index contributed by atoms with van der Waals surface area (Å²) in [6.07, 6.45) is 6.67. The van der Waals surface area contributed by atoms with E-state index in [1.165, 1.54) is 11.8 Å². The first kappa shape index (κ1) is 32.1. The Bertz CT molecular complexity index is 1670. The van der Waals surface area contributed by atoms with Crippen LogP contribution < -0.4 is 9.47 Å². The molecule has 0 spiro atoms. The van der Waals surface area contributed by atoms with Gasteiger partial charge in [0, 0.05) is 29.1 Å². The summed E-state index contributed by atoms with van der Waals surface area (Å²) >= 11 is 0. The van der Waals surface area contributed by atoms with E-state index in [4.69, 9.17) is 14.6 Å². The number of aryl methyl sites for hydroxylation is 4. The molecule has 0 saturated carbocycles. The fourth-order valence-corrected chi connectivity index (χ4v) is 5.40. The lowest BCUT2D eigenvalue weighted by Crippen LogP contribution is -2.08. The standard InChI is InChI=1S/C36H39NO7/c1-23-19-25(3)36(26(4)20-23)44-18-6-5-17-43-28-11-8-27(9-12-28)10-14-29-24(2)7-13-30-31(32(38)15-16-33(39)40)21-37(35(29)30)22-34(41)42/h7-14,19-21H,5-6,15-18,22H2,1-4H3,(H,39,40)(H,41,42)/b14-10+. The van der Waals surface area contributed by atoms with Crippen LogP contribution in [0.15, 0.2) is 54.7 Å². The number of Topliss-reactive ketones (excluding diaryl/α,β-unsaturated/α-hetero) is 1. The smallest absolute Gasteiger partial charge is 0.323 e. The Kier molecular flexibility index (Phi) is 10.6. The monoisotopic (exact) mass is 597 g/mol. The Morgan fingerprint density at radius 1 is 0.773 bits per heavy atom. The Labute approximate surface area is 257 Å². The number of carboxylic acid groups (broad SMARTS) is 2. The molecular formula is C36H39NO7. The van der Waals surface area contributed by atoms with Crippen molar-refractivity contribution in [2.24, 2.45) is 0 Å². The zero-order chi connectivity index (χ0) is 31.8. The van der Waals surface area contributed by atoms with Gasteiger partial charge in [-0.3, -0.25) is 14.4 Å². The van der Waals surface area contributed by atoms with Crippen LogP contribution in [0, 0.1) is 27.7 Å². The van der Waals surface area contributed by atoms with Crippen LogP contribution in [0.3, 0.4) is 0 Å². The van der Waals surface area contributed by atoms with Gasteiger partial charge in [-0.2, -0.15) is 0 Å². The minimum atomic E-state index is -1.06. The fraction of sp³-hybridized carbons (Fsp3) is 0.306. The summed E-state index contributed by atoms with van der Waals surface area (Å²) in [6, 6.07) is 15.7. The fourth-order valence-electron chi connectivity index (χ4n) is 5.40. The molecule has 0 bridgehead atoms. The van der Waals surface area contributed by atoms with Crippen LogP contribution in [-0.2, 0) is 16.1 Å². The van der Waals surface area contributed by atoms with Gasteiger partial charge in [0.05, 0.1) is 25.2 Å². The molecule has 4 aromatic rings. The number of aromatic nitrogens is 1. The number of rotatable bonds is 15. The quantitative estimate of drug-likeness (QED) is 0.0833. The SMILES string of the molecule is Cc1cc(C)c(OCCCCOc2ccc(/C=C/c3c(C)ccc4c(C(=O)CCC(=O)O)cn(CC(=O)O)c34)cc2)c(C)c1. The van der Waals surface area contributed by atoms with E-state index in [0.717, 1.165) is 52.2 Å². The van der Waals surface area contributed by atoms with Crippen molar-refractivity contribution in [3.63, 3.8) is 0 Å². The van der Waals surface area contributed by atoms with Crippen molar-refractivity contribution in [3.8, 4) is 11.5 Å². The molecule has 44 heavy (non-hydrogen) atoms. The molecule has 0 aliphatic rings. The number of hydrogen-bond donors (Lipinski definition) is 2. The number of fused-ring (bicyclic) bond motifs is 1. The maximum atomic E-state index is 12.8. The highest BCUT2D eigenvalue weighted by Gasteiger charge is 2.19. The number of unbranched alkanes of at least 4 members (excludes halogenated alkanes) is 1. The topological polar surface area (TPSA) is 115 Å². The second-order valence-corrected chi connectivity index (χ2v) is 11.1. The van der Waals surface area contributed by atoms with E-state index in [1.807, 2.05) is 49.4 Å². The second kappa shape index (κ2) is 14.6. The molecule has 0 unspecified atom stereocenters. The van der Waals surface area contributed by atoms with Gasteiger partial charge in [-0.15, -0.1) is 0 Å². The van der Waals surface area contributed by atoms with E-state index in [0.29, 0.717) is 29.7 Å². The van der Waals surface area contributed by atoms with Gasteiger partial charge < -0.3 is 24.3 Å². The molecule has 0 atom stereocenters. The number of aliphatic carboxylic acids is 2. The van der Waals surface area contributed by atoms with Crippen molar-refractivity contribution >= 4 is 40.8 Å². The van der Waals surface area contributed by atoms with Crippen LogP contribution in [-0.4, -0.2) is 45.7 Å². The zero-order valence-corrected chi connectivity index (χ0v) is 25.7. The molecule has 3 aromatic carbocycles. The van der Waals surface area contributed by atoms with Gasteiger partial charge in [0.1, 0.15) is 18.0 Å². The number of hydrogen-bond acceptors (Lipinski definition) is 5. The van der Waals surface area contributed by atoms with Crippen molar-refractivity contribution in [2.75, 3.05) is 13.2 Å². The number of ketones is 1. The van der Waals surface area contributed by atoms with Crippen LogP contribution in [0.1, 0.15) is 69.4 Å². The molecule has 8 heteroatoms. The maximum Gasteiger partial charge on any atom is 0.323 e. The van der Waals surface area contributed by atoms with Crippen LogP contribution in [0.4, 0.5) is 0 Å². The van der Waals surface area contributed by atoms with Gasteiger partial charge in [0.2, 0.25) is 0 Å². The molecule has 0 aliphatic heterocycles.